The minimum atomic E-state index is -0.0477. The van der Waals surface area contributed by atoms with Crippen molar-refractivity contribution < 1.29 is 4.74 Å². The summed E-state index contributed by atoms with van der Waals surface area (Å²) < 4.78 is 5.55. The molecular formula is C14H13N3O. The van der Waals surface area contributed by atoms with Gasteiger partial charge < -0.3 is 10.5 Å². The summed E-state index contributed by atoms with van der Waals surface area (Å²) in [5, 5.41) is 8.79. The summed E-state index contributed by atoms with van der Waals surface area (Å²) in [6.45, 7) is 1.90. The van der Waals surface area contributed by atoms with Crippen LogP contribution in [0.25, 0.3) is 0 Å². The van der Waals surface area contributed by atoms with Gasteiger partial charge in [0.15, 0.2) is 0 Å². The van der Waals surface area contributed by atoms with Gasteiger partial charge in [0.2, 0.25) is 5.88 Å². The number of benzene rings is 1. The lowest BCUT2D eigenvalue weighted by atomic mass is 10.2. The number of hydrogen-bond donors (Lipinski definition) is 1. The predicted molar refractivity (Wildman–Crippen MR) is 68.1 cm³/mol. The number of nitriles is 1. The topological polar surface area (TPSA) is 71.9 Å². The maximum absolute atomic E-state index is 8.79. The highest BCUT2D eigenvalue weighted by molar-refractivity contribution is 5.37. The second-order valence-electron chi connectivity index (χ2n) is 3.96. The van der Waals surface area contributed by atoms with E-state index in [1.807, 2.05) is 13.0 Å². The van der Waals surface area contributed by atoms with Crippen molar-refractivity contribution in [3.8, 4) is 17.7 Å². The van der Waals surface area contributed by atoms with Gasteiger partial charge in [-0.25, -0.2) is 4.98 Å². The molecule has 0 aliphatic rings. The van der Waals surface area contributed by atoms with Crippen molar-refractivity contribution in [2.24, 2.45) is 5.73 Å². The molecular weight excluding hydrogens is 226 g/mol. The summed E-state index contributed by atoms with van der Waals surface area (Å²) in [7, 11) is 0. The third kappa shape index (κ3) is 2.84. The van der Waals surface area contributed by atoms with Crippen LogP contribution in [0.3, 0.4) is 0 Å². The zero-order valence-electron chi connectivity index (χ0n) is 10.00. The molecule has 0 saturated heterocycles. The van der Waals surface area contributed by atoms with Crippen molar-refractivity contribution in [1.29, 1.82) is 5.26 Å². The summed E-state index contributed by atoms with van der Waals surface area (Å²) in [5.74, 6) is 1.07. The molecule has 1 aromatic heterocycles. The number of aromatic nitrogens is 1. The van der Waals surface area contributed by atoms with E-state index in [2.05, 4.69) is 11.1 Å². The zero-order chi connectivity index (χ0) is 13.0. The normalized spacial score (nSPS) is 11.6. The highest BCUT2D eigenvalue weighted by atomic mass is 16.5. The fraction of sp³-hybridized carbons (Fsp3) is 0.143. The third-order valence-electron chi connectivity index (χ3n) is 2.47. The van der Waals surface area contributed by atoms with Gasteiger partial charge in [0.05, 0.1) is 11.6 Å². The van der Waals surface area contributed by atoms with Gasteiger partial charge in [-0.2, -0.15) is 5.26 Å². The summed E-state index contributed by atoms with van der Waals surface area (Å²) >= 11 is 0. The first-order valence-electron chi connectivity index (χ1n) is 5.58. The van der Waals surface area contributed by atoms with E-state index >= 15 is 0 Å². The molecule has 0 radical (unpaired) electrons. The molecule has 0 spiro atoms. The Morgan fingerprint density at radius 2 is 2.17 bits per heavy atom. The SMILES string of the molecule is C[C@H](N)c1ccc(Oc2cccc(C#N)c2)nc1. The smallest absolute Gasteiger partial charge is 0.219 e. The van der Waals surface area contributed by atoms with Gasteiger partial charge in [0.1, 0.15) is 5.75 Å². The molecule has 2 N–H and O–H groups in total. The molecule has 0 fully saturated rings. The van der Waals surface area contributed by atoms with Gasteiger partial charge >= 0.3 is 0 Å². The molecule has 0 saturated carbocycles. The molecule has 2 rings (SSSR count). The minimum absolute atomic E-state index is 0.0477. The molecule has 4 heteroatoms. The van der Waals surface area contributed by atoms with Crippen LogP contribution in [0.15, 0.2) is 42.6 Å². The number of hydrogen-bond acceptors (Lipinski definition) is 4. The lowest BCUT2D eigenvalue weighted by Crippen LogP contribution is -2.05. The summed E-state index contributed by atoms with van der Waals surface area (Å²) in [6.07, 6.45) is 1.69. The standard InChI is InChI=1S/C14H13N3O/c1-10(16)12-5-6-14(17-9-12)18-13-4-2-3-11(7-13)8-15/h2-7,9-10H,16H2,1H3/t10-/m0/s1. The lowest BCUT2D eigenvalue weighted by molar-refractivity contribution is 0.462. The maximum Gasteiger partial charge on any atom is 0.219 e. The van der Waals surface area contributed by atoms with Gasteiger partial charge in [-0.3, -0.25) is 0 Å². The third-order valence-corrected chi connectivity index (χ3v) is 2.47. The molecule has 1 aromatic carbocycles. The van der Waals surface area contributed by atoms with E-state index in [4.69, 9.17) is 15.7 Å². The first kappa shape index (κ1) is 12.1. The van der Waals surface area contributed by atoms with Crippen LogP contribution >= 0.6 is 0 Å². The Morgan fingerprint density at radius 1 is 1.33 bits per heavy atom. The Kier molecular flexibility index (Phi) is 3.56. The van der Waals surface area contributed by atoms with E-state index in [1.54, 1.807) is 36.5 Å². The number of nitrogens with zero attached hydrogens (tertiary/aromatic N) is 2. The molecule has 0 amide bonds. The lowest BCUT2D eigenvalue weighted by Gasteiger charge is -2.07. The minimum Gasteiger partial charge on any atom is -0.439 e. The van der Waals surface area contributed by atoms with Crippen LogP contribution in [-0.2, 0) is 0 Å². The van der Waals surface area contributed by atoms with E-state index < -0.39 is 0 Å². The number of pyridine rings is 1. The summed E-state index contributed by atoms with van der Waals surface area (Å²) in [6, 6.07) is 12.6. The fourth-order valence-electron chi connectivity index (χ4n) is 1.47. The fourth-order valence-corrected chi connectivity index (χ4v) is 1.47. The van der Waals surface area contributed by atoms with Crippen LogP contribution in [0, 0.1) is 11.3 Å². The van der Waals surface area contributed by atoms with Gasteiger partial charge in [0, 0.05) is 18.3 Å². The quantitative estimate of drug-likeness (QED) is 0.893. The molecule has 2 aromatic rings. The van der Waals surface area contributed by atoms with Gasteiger partial charge in [-0.1, -0.05) is 12.1 Å². The molecule has 1 heterocycles. The van der Waals surface area contributed by atoms with Crippen molar-refractivity contribution in [3.63, 3.8) is 0 Å². The molecule has 90 valence electrons. The Morgan fingerprint density at radius 3 is 2.78 bits per heavy atom. The molecule has 1 atom stereocenters. The highest BCUT2D eigenvalue weighted by Gasteiger charge is 2.02. The molecule has 0 aliphatic carbocycles. The predicted octanol–water partition coefficient (Wildman–Crippen LogP) is 2.77. The average Bonchev–Trinajstić information content (AvgIpc) is 2.39. The van der Waals surface area contributed by atoms with E-state index in [0.717, 1.165) is 5.56 Å². The van der Waals surface area contributed by atoms with Gasteiger partial charge in [0.25, 0.3) is 0 Å². The second-order valence-corrected chi connectivity index (χ2v) is 3.96. The van der Waals surface area contributed by atoms with Gasteiger partial charge in [-0.15, -0.1) is 0 Å². The first-order valence-corrected chi connectivity index (χ1v) is 5.58. The van der Waals surface area contributed by atoms with Crippen LogP contribution in [-0.4, -0.2) is 4.98 Å². The maximum atomic E-state index is 8.79. The number of rotatable bonds is 3. The van der Waals surface area contributed by atoms with Crippen molar-refractivity contribution in [3.05, 3.63) is 53.7 Å². The van der Waals surface area contributed by atoms with E-state index in [-0.39, 0.29) is 6.04 Å². The highest BCUT2D eigenvalue weighted by Crippen LogP contribution is 2.21. The van der Waals surface area contributed by atoms with Crippen molar-refractivity contribution in [1.82, 2.24) is 4.98 Å². The Labute approximate surface area is 106 Å². The molecule has 0 unspecified atom stereocenters. The van der Waals surface area contributed by atoms with Crippen LogP contribution in [0.2, 0.25) is 0 Å². The van der Waals surface area contributed by atoms with E-state index in [0.29, 0.717) is 17.2 Å². The number of nitrogens with two attached hydrogens (primary N) is 1. The van der Waals surface area contributed by atoms with Crippen LogP contribution in [0.1, 0.15) is 24.1 Å². The van der Waals surface area contributed by atoms with Crippen molar-refractivity contribution in [2.45, 2.75) is 13.0 Å². The number of ether oxygens (including phenoxy) is 1. The van der Waals surface area contributed by atoms with Crippen molar-refractivity contribution >= 4 is 0 Å². The van der Waals surface area contributed by atoms with Crippen LogP contribution in [0.5, 0.6) is 11.6 Å². The summed E-state index contributed by atoms with van der Waals surface area (Å²) in [5.41, 5.74) is 7.24. The molecule has 18 heavy (non-hydrogen) atoms. The zero-order valence-corrected chi connectivity index (χ0v) is 10.00. The van der Waals surface area contributed by atoms with Crippen LogP contribution in [0.4, 0.5) is 0 Å². The average molecular weight is 239 g/mol. The van der Waals surface area contributed by atoms with E-state index in [1.165, 1.54) is 0 Å². The largest absolute Gasteiger partial charge is 0.439 e. The molecule has 4 nitrogen and oxygen atoms in total. The second kappa shape index (κ2) is 5.30. The Hall–Kier alpha value is -2.38. The Bertz CT molecular complexity index is 570. The molecule has 0 aliphatic heterocycles. The van der Waals surface area contributed by atoms with E-state index in [9.17, 15) is 0 Å². The summed E-state index contributed by atoms with van der Waals surface area (Å²) in [4.78, 5) is 4.17. The monoisotopic (exact) mass is 239 g/mol. The van der Waals surface area contributed by atoms with Crippen molar-refractivity contribution in [2.75, 3.05) is 0 Å². The first-order chi connectivity index (χ1) is 8.69. The van der Waals surface area contributed by atoms with Crippen LogP contribution < -0.4 is 10.5 Å². The van der Waals surface area contributed by atoms with Gasteiger partial charge in [-0.05, 0) is 30.7 Å². The molecule has 0 bridgehead atoms. The Balaban J connectivity index is 2.16.